The Balaban J connectivity index is 0.000000243. The number of aromatic nitrogens is 5. The van der Waals surface area contributed by atoms with Gasteiger partial charge in [0, 0.05) is 55.1 Å². The smallest absolute Gasteiger partial charge is 0.337 e. The SMILES string of the molecule is CC(C)NCC(O)COc1cccc2ccccc12.CN(Cc1cnc2nc(N)nc(N)c2n1)c1ccc(C(=O)N[C@@H](CCC(=O)O)C(=O)O)cc1.O=C(O)c1cccnc1. The molecule has 6 rings (SSSR count). The molecule has 2 atom stereocenters. The van der Waals surface area contributed by atoms with E-state index in [1.165, 1.54) is 30.6 Å². The second-order valence-corrected chi connectivity index (χ2v) is 13.8. The minimum absolute atomic E-state index is 0.0138. The molecule has 6 aromatic rings. The van der Waals surface area contributed by atoms with E-state index in [1.807, 2.05) is 42.3 Å². The predicted octanol–water partition coefficient (Wildman–Crippen LogP) is 3.63. The summed E-state index contributed by atoms with van der Waals surface area (Å²) in [6.07, 6.45) is 3.31. The second kappa shape index (κ2) is 22.6. The van der Waals surface area contributed by atoms with Crippen LogP contribution in [-0.4, -0.2) is 108 Å². The van der Waals surface area contributed by atoms with E-state index in [2.05, 4.69) is 61.5 Å². The van der Waals surface area contributed by atoms with Crippen molar-refractivity contribution in [2.24, 2.45) is 0 Å². The first-order valence-electron chi connectivity index (χ1n) is 18.9. The van der Waals surface area contributed by atoms with Crippen molar-refractivity contribution < 1.29 is 44.3 Å². The van der Waals surface area contributed by atoms with Gasteiger partial charge in [-0.25, -0.2) is 19.6 Å². The Morgan fingerprint density at radius 1 is 0.852 bits per heavy atom. The number of nitrogens with zero attached hydrogens (tertiary/aromatic N) is 6. The van der Waals surface area contributed by atoms with Crippen LogP contribution in [0, 0.1) is 0 Å². The van der Waals surface area contributed by atoms with Crippen molar-refractivity contribution in [2.75, 3.05) is 36.6 Å². The summed E-state index contributed by atoms with van der Waals surface area (Å²) in [5.74, 6) is -3.03. The van der Waals surface area contributed by atoms with Gasteiger partial charge in [0.2, 0.25) is 5.95 Å². The predicted molar refractivity (Wildman–Crippen MR) is 228 cm³/mol. The number of fused-ring (bicyclic) bond motifs is 2. The number of ether oxygens (including phenoxy) is 1. The number of hydrogen-bond donors (Lipinski definition) is 8. The van der Waals surface area contributed by atoms with Gasteiger partial charge in [0.05, 0.1) is 24.0 Å². The van der Waals surface area contributed by atoms with E-state index in [-0.39, 0.29) is 35.7 Å². The number of carboxylic acid groups (broad SMARTS) is 3. The zero-order valence-electron chi connectivity index (χ0n) is 33.7. The molecule has 0 aliphatic rings. The summed E-state index contributed by atoms with van der Waals surface area (Å²) < 4.78 is 5.72. The molecule has 1 unspecified atom stereocenters. The zero-order chi connectivity index (χ0) is 44.5. The van der Waals surface area contributed by atoms with E-state index in [4.69, 9.17) is 26.4 Å². The monoisotopic (exact) mass is 836 g/mol. The van der Waals surface area contributed by atoms with E-state index in [1.54, 1.807) is 24.4 Å². The maximum atomic E-state index is 12.4. The number of anilines is 3. The molecule has 0 bridgehead atoms. The van der Waals surface area contributed by atoms with Crippen molar-refractivity contribution in [3.05, 3.63) is 114 Å². The number of nitrogen functional groups attached to an aromatic ring is 2. The van der Waals surface area contributed by atoms with E-state index < -0.39 is 36.0 Å². The van der Waals surface area contributed by atoms with Crippen LogP contribution in [0.1, 0.15) is 53.1 Å². The maximum absolute atomic E-state index is 12.4. The lowest BCUT2D eigenvalue weighted by atomic mass is 10.1. The fourth-order valence-corrected chi connectivity index (χ4v) is 5.45. The van der Waals surface area contributed by atoms with Crippen molar-refractivity contribution in [1.29, 1.82) is 0 Å². The van der Waals surface area contributed by atoms with Gasteiger partial charge in [0.25, 0.3) is 5.91 Å². The number of amides is 1. The third-order valence-corrected chi connectivity index (χ3v) is 8.57. The number of aliphatic hydroxyl groups excluding tert-OH is 1. The number of hydrogen-bond acceptors (Lipinski definition) is 15. The van der Waals surface area contributed by atoms with E-state index in [0.29, 0.717) is 42.6 Å². The molecule has 10 N–H and O–H groups in total. The summed E-state index contributed by atoms with van der Waals surface area (Å²) in [4.78, 5) is 66.5. The molecule has 19 nitrogen and oxygen atoms in total. The van der Waals surface area contributed by atoms with Crippen LogP contribution in [0.15, 0.2) is 97.5 Å². The number of carbonyl (C=O) groups is 4. The number of carbonyl (C=O) groups excluding carboxylic acids is 1. The molecule has 0 saturated heterocycles. The molecule has 320 valence electrons. The minimum atomic E-state index is -1.30. The molecule has 19 heteroatoms. The number of pyridine rings is 1. The van der Waals surface area contributed by atoms with Crippen molar-refractivity contribution in [3.8, 4) is 5.75 Å². The molecule has 3 heterocycles. The van der Waals surface area contributed by atoms with Gasteiger partial charge in [-0.15, -0.1) is 0 Å². The minimum Gasteiger partial charge on any atom is -0.490 e. The van der Waals surface area contributed by atoms with Crippen LogP contribution in [0.2, 0.25) is 0 Å². The summed E-state index contributed by atoms with van der Waals surface area (Å²) in [7, 11) is 1.82. The summed E-state index contributed by atoms with van der Waals surface area (Å²) in [6, 6.07) is 22.7. The summed E-state index contributed by atoms with van der Waals surface area (Å²) >= 11 is 0. The van der Waals surface area contributed by atoms with E-state index >= 15 is 0 Å². The van der Waals surface area contributed by atoms with Gasteiger partial charge in [-0.1, -0.05) is 50.2 Å². The fraction of sp³-hybridized carbons (Fsp3) is 0.262. The zero-order valence-corrected chi connectivity index (χ0v) is 33.7. The highest BCUT2D eigenvalue weighted by Gasteiger charge is 2.22. The van der Waals surface area contributed by atoms with Gasteiger partial charge in [0.1, 0.15) is 24.5 Å². The van der Waals surface area contributed by atoms with Crippen molar-refractivity contribution in [1.82, 2.24) is 35.6 Å². The third-order valence-electron chi connectivity index (χ3n) is 8.57. The number of aliphatic hydroxyl groups is 1. The van der Waals surface area contributed by atoms with Crippen molar-refractivity contribution >= 4 is 63.2 Å². The summed E-state index contributed by atoms with van der Waals surface area (Å²) in [6.45, 7) is 5.32. The van der Waals surface area contributed by atoms with E-state index in [9.17, 15) is 29.4 Å². The molecule has 3 aromatic carbocycles. The van der Waals surface area contributed by atoms with Crippen LogP contribution in [0.25, 0.3) is 21.9 Å². The Morgan fingerprint density at radius 3 is 2.21 bits per heavy atom. The Labute approximate surface area is 350 Å². The molecule has 1 amide bonds. The highest BCUT2D eigenvalue weighted by atomic mass is 16.5. The van der Waals surface area contributed by atoms with Crippen LogP contribution >= 0.6 is 0 Å². The summed E-state index contributed by atoms with van der Waals surface area (Å²) in [5.41, 5.74) is 13.9. The first-order chi connectivity index (χ1) is 29.1. The average Bonchev–Trinajstić information content (AvgIpc) is 3.24. The second-order valence-electron chi connectivity index (χ2n) is 13.8. The Kier molecular flexibility index (Phi) is 17.1. The molecular weight excluding hydrogens is 789 g/mol. The van der Waals surface area contributed by atoms with Gasteiger partial charge < -0.3 is 52.2 Å². The Hall–Kier alpha value is -7.51. The maximum Gasteiger partial charge on any atom is 0.337 e. The first-order valence-corrected chi connectivity index (χ1v) is 18.9. The average molecular weight is 837 g/mol. The quantitative estimate of drug-likeness (QED) is 0.0690. The fourth-order valence-electron chi connectivity index (χ4n) is 5.45. The molecular formula is C42H48N10O9. The normalized spacial score (nSPS) is 11.6. The number of benzene rings is 3. The molecule has 3 aromatic heterocycles. The molecule has 0 fully saturated rings. The first kappa shape index (κ1) is 46.2. The number of carboxylic acids is 3. The van der Waals surface area contributed by atoms with Crippen LogP contribution < -0.4 is 31.7 Å². The number of rotatable bonds is 16. The number of aliphatic carboxylic acids is 2. The van der Waals surface area contributed by atoms with Crippen molar-refractivity contribution in [2.45, 2.75) is 51.4 Å². The molecule has 0 radical (unpaired) electrons. The Bertz CT molecular complexity index is 2400. The van der Waals surface area contributed by atoms with Crippen molar-refractivity contribution in [3.63, 3.8) is 0 Å². The van der Waals surface area contributed by atoms with Gasteiger partial charge in [0.15, 0.2) is 17.0 Å². The third kappa shape index (κ3) is 14.7. The molecule has 0 saturated carbocycles. The lowest BCUT2D eigenvalue weighted by molar-refractivity contribution is -0.140. The van der Waals surface area contributed by atoms with Gasteiger partial charge in [-0.3, -0.25) is 14.6 Å². The lowest BCUT2D eigenvalue weighted by Crippen LogP contribution is -2.41. The molecule has 61 heavy (non-hydrogen) atoms. The van der Waals surface area contributed by atoms with Crippen LogP contribution in [0.3, 0.4) is 0 Å². The van der Waals surface area contributed by atoms with Crippen LogP contribution in [-0.2, 0) is 16.1 Å². The molecule has 0 aliphatic heterocycles. The summed E-state index contributed by atoms with van der Waals surface area (Å²) in [5, 5.41) is 43.9. The van der Waals surface area contributed by atoms with Gasteiger partial charge in [-0.05, 0) is 54.3 Å². The Morgan fingerprint density at radius 2 is 1.57 bits per heavy atom. The van der Waals surface area contributed by atoms with Gasteiger partial charge in [-0.2, -0.15) is 9.97 Å². The highest BCUT2D eigenvalue weighted by Crippen LogP contribution is 2.25. The highest BCUT2D eigenvalue weighted by molar-refractivity contribution is 5.97. The van der Waals surface area contributed by atoms with Crippen LogP contribution in [0.4, 0.5) is 17.5 Å². The number of nitrogens with two attached hydrogens (primary N) is 2. The number of aromatic carboxylic acids is 1. The standard InChI is InChI=1S/C20H22N8O5.C16H21NO2.C6H5NO2/c1-28(9-11-8-23-17-15(24-11)16(21)26-20(22)27-17)12-4-2-10(3-5-12)18(31)25-13(19(32)33)6-7-14(29)30;1-12(2)17-10-14(18)11-19-16-9-5-7-13-6-3-4-8-15(13)16;8-6(9)5-2-1-3-7-4-5/h2-5,8,13H,6-7,9H2,1H3,(H,25,31)(H,29,30)(H,32,33)(H4,21,22,23,26,27);3-9,12,14,17-18H,10-11H2,1-2H3;1-4H,(H,8,9)/t13-;;/m0../s1. The number of nitrogens with one attached hydrogen (secondary N) is 2. The van der Waals surface area contributed by atoms with Crippen LogP contribution in [0.5, 0.6) is 5.75 Å². The molecule has 0 spiro atoms. The molecule has 0 aliphatic carbocycles. The largest absolute Gasteiger partial charge is 0.490 e. The lowest BCUT2D eigenvalue weighted by Gasteiger charge is -2.19. The van der Waals surface area contributed by atoms with Gasteiger partial charge >= 0.3 is 17.9 Å². The van der Waals surface area contributed by atoms with E-state index in [0.717, 1.165) is 22.2 Å². The topological polar surface area (TPSA) is 302 Å².